The molecule has 3 aromatic rings. The molecule has 34 heavy (non-hydrogen) atoms. The number of hydrogen-bond acceptors (Lipinski definition) is 3. The number of carbonyl (C=O) groups is 2. The van der Waals surface area contributed by atoms with Crippen molar-refractivity contribution in [3.8, 4) is 16.8 Å². The molecular weight excluding hydrogens is 426 g/mol. The molecule has 5 rings (SSSR count). The van der Waals surface area contributed by atoms with Gasteiger partial charge in [0, 0.05) is 24.1 Å². The minimum atomic E-state index is -0.935. The Hall–Kier alpha value is -3.41. The van der Waals surface area contributed by atoms with Gasteiger partial charge in [0.15, 0.2) is 0 Å². The van der Waals surface area contributed by atoms with Crippen LogP contribution in [0, 0.1) is 0 Å². The summed E-state index contributed by atoms with van der Waals surface area (Å²) in [6.45, 7) is 3.03. The summed E-state index contributed by atoms with van der Waals surface area (Å²) in [5.74, 6) is -0.570. The molecule has 6 heteroatoms. The molecule has 0 radical (unpaired) electrons. The number of carboxylic acid groups (broad SMARTS) is 1. The van der Waals surface area contributed by atoms with E-state index in [0.717, 1.165) is 79.6 Å². The maximum atomic E-state index is 13.3. The number of rotatable bonds is 8. The van der Waals surface area contributed by atoms with Crippen molar-refractivity contribution in [2.75, 3.05) is 6.54 Å². The van der Waals surface area contributed by atoms with Crippen LogP contribution in [0.5, 0.6) is 0 Å². The van der Waals surface area contributed by atoms with E-state index in [1.807, 2.05) is 48.5 Å². The van der Waals surface area contributed by atoms with Crippen LogP contribution in [0.15, 0.2) is 54.7 Å². The van der Waals surface area contributed by atoms with E-state index < -0.39 is 5.97 Å². The van der Waals surface area contributed by atoms with E-state index >= 15 is 0 Å². The largest absolute Gasteiger partial charge is 0.478 e. The number of hydrogen-bond donors (Lipinski definition) is 1. The van der Waals surface area contributed by atoms with Crippen molar-refractivity contribution < 1.29 is 14.7 Å². The van der Waals surface area contributed by atoms with Gasteiger partial charge in [-0.05, 0) is 67.5 Å². The van der Waals surface area contributed by atoms with Gasteiger partial charge in [0.1, 0.15) is 5.56 Å². The summed E-state index contributed by atoms with van der Waals surface area (Å²) in [4.78, 5) is 27.1. The molecule has 1 aliphatic heterocycles. The van der Waals surface area contributed by atoms with Crippen LogP contribution in [0.1, 0.15) is 84.2 Å². The normalized spacial score (nSPS) is 17.8. The van der Waals surface area contributed by atoms with Gasteiger partial charge in [-0.3, -0.25) is 4.79 Å². The topological polar surface area (TPSA) is 75.4 Å². The predicted octanol–water partition coefficient (Wildman–Crippen LogP) is 5.91. The molecule has 1 amide bonds. The molecule has 2 aromatic carbocycles. The van der Waals surface area contributed by atoms with Crippen LogP contribution < -0.4 is 0 Å². The second-order valence-electron chi connectivity index (χ2n) is 9.50. The molecule has 1 saturated heterocycles. The molecule has 0 spiro atoms. The Morgan fingerprint density at radius 1 is 1.06 bits per heavy atom. The summed E-state index contributed by atoms with van der Waals surface area (Å²) in [6, 6.07) is 16.1. The van der Waals surface area contributed by atoms with Gasteiger partial charge in [-0.25, -0.2) is 9.48 Å². The third-order valence-corrected chi connectivity index (χ3v) is 7.06. The molecule has 1 atom stereocenters. The fourth-order valence-corrected chi connectivity index (χ4v) is 5.14. The Kier molecular flexibility index (Phi) is 6.22. The van der Waals surface area contributed by atoms with Crippen molar-refractivity contribution in [3.05, 3.63) is 71.5 Å². The highest BCUT2D eigenvalue weighted by atomic mass is 16.4. The second-order valence-corrected chi connectivity index (χ2v) is 9.50. The van der Waals surface area contributed by atoms with Crippen LogP contribution in [-0.2, 0) is 0 Å². The van der Waals surface area contributed by atoms with E-state index in [9.17, 15) is 14.7 Å². The summed E-state index contributed by atoms with van der Waals surface area (Å²) in [6.07, 6.45) is 8.99. The molecule has 2 fully saturated rings. The summed E-state index contributed by atoms with van der Waals surface area (Å²) < 4.78 is 1.77. The van der Waals surface area contributed by atoms with Crippen LogP contribution in [-0.4, -0.2) is 44.3 Å². The average Bonchev–Trinajstić information content (AvgIpc) is 3.42. The van der Waals surface area contributed by atoms with Crippen molar-refractivity contribution in [2.24, 2.45) is 0 Å². The molecule has 0 bridgehead atoms. The van der Waals surface area contributed by atoms with Gasteiger partial charge in [-0.1, -0.05) is 44.0 Å². The smallest absolute Gasteiger partial charge is 0.339 e. The Balaban J connectivity index is 1.43. The lowest BCUT2D eigenvalue weighted by Crippen LogP contribution is -2.35. The number of amides is 1. The first-order valence-corrected chi connectivity index (χ1v) is 12.4. The Bertz CT molecular complexity index is 1210. The van der Waals surface area contributed by atoms with Gasteiger partial charge in [-0.2, -0.15) is 5.10 Å². The van der Waals surface area contributed by atoms with E-state index in [4.69, 9.17) is 0 Å². The third kappa shape index (κ3) is 4.37. The van der Waals surface area contributed by atoms with Gasteiger partial charge in [-0.15, -0.1) is 0 Å². The number of aromatic nitrogens is 2. The van der Waals surface area contributed by atoms with Crippen LogP contribution in [0.4, 0.5) is 0 Å². The molecule has 1 unspecified atom stereocenters. The van der Waals surface area contributed by atoms with Crippen LogP contribution in [0.3, 0.4) is 0 Å². The number of aromatic carboxylic acids is 1. The van der Waals surface area contributed by atoms with E-state index in [2.05, 4.69) is 16.9 Å². The van der Waals surface area contributed by atoms with Gasteiger partial charge in [0.25, 0.3) is 5.91 Å². The van der Waals surface area contributed by atoms with E-state index in [0.29, 0.717) is 6.04 Å². The lowest BCUT2D eigenvalue weighted by atomic mass is 10.0. The maximum absolute atomic E-state index is 13.3. The molecule has 2 aliphatic rings. The fraction of sp³-hybridized carbons (Fsp3) is 0.393. The molecule has 1 saturated carbocycles. The van der Waals surface area contributed by atoms with Crippen LogP contribution >= 0.6 is 0 Å². The average molecular weight is 458 g/mol. The van der Waals surface area contributed by atoms with Gasteiger partial charge in [0.2, 0.25) is 0 Å². The number of unbranched alkanes of at least 4 members (excludes halogenated alkanes) is 1. The zero-order chi connectivity index (χ0) is 23.7. The molecule has 1 aromatic heterocycles. The Labute approximate surface area is 200 Å². The lowest BCUT2D eigenvalue weighted by molar-refractivity contribution is 0.0693. The van der Waals surface area contributed by atoms with Crippen molar-refractivity contribution in [3.63, 3.8) is 0 Å². The van der Waals surface area contributed by atoms with Crippen LogP contribution in [0.25, 0.3) is 16.8 Å². The standard InChI is InChI=1S/C28H31N3O3/c1-2-3-10-23-12-6-15-30(23)27(32)22-9-4-7-20(16-22)21-8-5-11-24(17-21)31-26(19-13-14-19)25(18-29-31)28(33)34/h4-5,7-9,11,16-19,23H,2-3,6,10,12-15H2,1H3,(H,33,34). The van der Waals surface area contributed by atoms with Gasteiger partial charge < -0.3 is 10.0 Å². The first-order chi connectivity index (χ1) is 16.6. The highest BCUT2D eigenvalue weighted by Gasteiger charge is 2.33. The lowest BCUT2D eigenvalue weighted by Gasteiger charge is -2.25. The highest BCUT2D eigenvalue weighted by molar-refractivity contribution is 5.96. The minimum Gasteiger partial charge on any atom is -0.478 e. The van der Waals surface area contributed by atoms with Gasteiger partial charge in [0.05, 0.1) is 17.6 Å². The number of carbonyl (C=O) groups excluding carboxylic acids is 1. The number of nitrogens with zero attached hydrogens (tertiary/aromatic N) is 3. The van der Waals surface area contributed by atoms with Crippen molar-refractivity contribution in [1.29, 1.82) is 0 Å². The maximum Gasteiger partial charge on any atom is 0.339 e. The van der Waals surface area contributed by atoms with E-state index in [-0.39, 0.29) is 17.4 Å². The first kappa shape index (κ1) is 22.4. The summed E-state index contributed by atoms with van der Waals surface area (Å²) in [7, 11) is 0. The number of carboxylic acids is 1. The Morgan fingerprint density at radius 2 is 1.82 bits per heavy atom. The molecule has 176 valence electrons. The van der Waals surface area contributed by atoms with Gasteiger partial charge >= 0.3 is 5.97 Å². The van der Waals surface area contributed by atoms with Crippen molar-refractivity contribution in [1.82, 2.24) is 14.7 Å². The van der Waals surface area contributed by atoms with E-state index in [1.165, 1.54) is 6.20 Å². The van der Waals surface area contributed by atoms with Crippen LogP contribution in [0.2, 0.25) is 0 Å². The predicted molar refractivity (Wildman–Crippen MR) is 132 cm³/mol. The summed E-state index contributed by atoms with van der Waals surface area (Å²) in [5.41, 5.74) is 4.56. The zero-order valence-corrected chi connectivity index (χ0v) is 19.6. The number of likely N-dealkylation sites (tertiary alicyclic amines) is 1. The fourth-order valence-electron chi connectivity index (χ4n) is 5.14. The molecule has 6 nitrogen and oxygen atoms in total. The highest BCUT2D eigenvalue weighted by Crippen LogP contribution is 2.42. The quantitative estimate of drug-likeness (QED) is 0.456. The zero-order valence-electron chi connectivity index (χ0n) is 19.6. The SMILES string of the molecule is CCCCC1CCCN1C(=O)c1cccc(-c2cccc(-n3ncc(C(=O)O)c3C3CC3)c2)c1. The van der Waals surface area contributed by atoms with E-state index in [1.54, 1.807) is 4.68 Å². The minimum absolute atomic E-state index is 0.116. The second kappa shape index (κ2) is 9.45. The summed E-state index contributed by atoms with van der Waals surface area (Å²) in [5, 5.41) is 14.0. The molecule has 1 aliphatic carbocycles. The molecule has 2 heterocycles. The Morgan fingerprint density at radius 3 is 2.56 bits per heavy atom. The third-order valence-electron chi connectivity index (χ3n) is 7.06. The number of benzene rings is 2. The summed E-state index contributed by atoms with van der Waals surface area (Å²) >= 11 is 0. The molecule has 1 N–H and O–H groups in total. The van der Waals surface area contributed by atoms with Crippen molar-refractivity contribution in [2.45, 2.75) is 63.8 Å². The monoisotopic (exact) mass is 457 g/mol. The first-order valence-electron chi connectivity index (χ1n) is 12.4. The van der Waals surface area contributed by atoms with Crippen molar-refractivity contribution >= 4 is 11.9 Å². The molecular formula is C28H31N3O3.